The van der Waals surface area contributed by atoms with Crippen molar-refractivity contribution in [3.63, 3.8) is 0 Å². The molecule has 1 aromatic rings. The van der Waals surface area contributed by atoms with E-state index in [2.05, 4.69) is 0 Å². The molecule has 0 radical (unpaired) electrons. The number of hydrogen-bond acceptors (Lipinski definition) is 4. The van der Waals surface area contributed by atoms with Crippen LogP contribution in [0.5, 0.6) is 0 Å². The third-order valence-corrected chi connectivity index (χ3v) is 6.87. The van der Waals surface area contributed by atoms with E-state index in [-0.39, 0.29) is 12.3 Å². The molecular weight excluding hydrogens is 286 g/mol. The highest BCUT2D eigenvalue weighted by Crippen LogP contribution is 2.33. The molecule has 0 aliphatic rings. The van der Waals surface area contributed by atoms with Crippen LogP contribution < -0.4 is 5.73 Å². The summed E-state index contributed by atoms with van der Waals surface area (Å²) < 4.78 is 23.9. The van der Waals surface area contributed by atoms with Gasteiger partial charge in [-0.1, -0.05) is 30.3 Å². The quantitative estimate of drug-likeness (QED) is 0.840. The fourth-order valence-corrected chi connectivity index (χ4v) is 3.62. The van der Waals surface area contributed by atoms with Crippen LogP contribution in [0.3, 0.4) is 0 Å². The molecule has 0 spiro atoms. The molecule has 0 fully saturated rings. The summed E-state index contributed by atoms with van der Waals surface area (Å²) in [7, 11) is -3.25. The standard InChI is InChI=1S/C16H27NO3S/c1-13(18)16(12-17,14-8-6-5-7-9-14)10-11-21(19,20)15(2,3)4/h5-9,13,18H,10-12,17H2,1-4H3. The first-order valence-electron chi connectivity index (χ1n) is 7.23. The lowest BCUT2D eigenvalue weighted by Gasteiger charge is -2.37. The third kappa shape index (κ3) is 3.84. The van der Waals surface area contributed by atoms with Gasteiger partial charge in [0.1, 0.15) is 0 Å². The Morgan fingerprint density at radius 1 is 1.19 bits per heavy atom. The maximum atomic E-state index is 12.3. The van der Waals surface area contributed by atoms with Crippen molar-refractivity contribution in [1.82, 2.24) is 0 Å². The second-order valence-electron chi connectivity index (χ2n) is 6.58. The van der Waals surface area contributed by atoms with E-state index in [1.807, 2.05) is 30.3 Å². The van der Waals surface area contributed by atoms with Crippen LogP contribution in [-0.4, -0.2) is 36.7 Å². The van der Waals surface area contributed by atoms with Crippen molar-refractivity contribution in [2.75, 3.05) is 12.3 Å². The molecule has 3 N–H and O–H groups in total. The van der Waals surface area contributed by atoms with Crippen LogP contribution in [0.4, 0.5) is 0 Å². The first kappa shape index (κ1) is 18.1. The molecule has 2 unspecified atom stereocenters. The maximum Gasteiger partial charge on any atom is 0.155 e. The molecule has 0 amide bonds. The van der Waals surface area contributed by atoms with E-state index in [4.69, 9.17) is 5.73 Å². The number of hydrogen-bond donors (Lipinski definition) is 2. The van der Waals surface area contributed by atoms with Crippen LogP contribution in [0.1, 0.15) is 39.7 Å². The van der Waals surface area contributed by atoms with Crippen LogP contribution in [-0.2, 0) is 15.3 Å². The average Bonchev–Trinajstić information content (AvgIpc) is 2.39. The molecule has 1 rings (SSSR count). The topological polar surface area (TPSA) is 80.4 Å². The Hall–Kier alpha value is -0.910. The van der Waals surface area contributed by atoms with Crippen molar-refractivity contribution in [3.8, 4) is 0 Å². The van der Waals surface area contributed by atoms with Gasteiger partial charge in [-0.05, 0) is 39.7 Å². The molecule has 0 aliphatic heterocycles. The largest absolute Gasteiger partial charge is 0.392 e. The zero-order chi connectivity index (χ0) is 16.3. The molecule has 5 heteroatoms. The number of aliphatic hydroxyl groups excluding tert-OH is 1. The Bertz CT molecular complexity index is 547. The third-order valence-electron chi connectivity index (χ3n) is 4.26. The highest BCUT2D eigenvalue weighted by atomic mass is 32.2. The van der Waals surface area contributed by atoms with E-state index in [0.717, 1.165) is 5.56 Å². The van der Waals surface area contributed by atoms with E-state index >= 15 is 0 Å². The number of sulfone groups is 1. The van der Waals surface area contributed by atoms with Gasteiger partial charge in [0.2, 0.25) is 0 Å². The number of rotatable bonds is 6. The van der Waals surface area contributed by atoms with Crippen molar-refractivity contribution in [1.29, 1.82) is 0 Å². The predicted octanol–water partition coefficient (Wildman–Crippen LogP) is 1.87. The minimum absolute atomic E-state index is 0.00743. The van der Waals surface area contributed by atoms with Crippen LogP contribution in [0.2, 0.25) is 0 Å². The van der Waals surface area contributed by atoms with Gasteiger partial charge in [0.05, 0.1) is 16.6 Å². The molecule has 0 heterocycles. The molecular formula is C16H27NO3S. The number of nitrogens with two attached hydrogens (primary N) is 1. The summed E-state index contributed by atoms with van der Waals surface area (Å²) in [6.45, 7) is 6.95. The molecule has 4 nitrogen and oxygen atoms in total. The van der Waals surface area contributed by atoms with Gasteiger partial charge in [-0.25, -0.2) is 8.42 Å². The smallest absolute Gasteiger partial charge is 0.155 e. The summed E-state index contributed by atoms with van der Waals surface area (Å²) >= 11 is 0. The van der Waals surface area contributed by atoms with Crippen molar-refractivity contribution >= 4 is 9.84 Å². The van der Waals surface area contributed by atoms with Gasteiger partial charge in [-0.2, -0.15) is 0 Å². The van der Waals surface area contributed by atoms with E-state index in [1.54, 1.807) is 27.7 Å². The number of aliphatic hydroxyl groups is 1. The molecule has 0 aliphatic carbocycles. The molecule has 0 saturated heterocycles. The highest BCUT2D eigenvalue weighted by molar-refractivity contribution is 7.92. The fraction of sp³-hybridized carbons (Fsp3) is 0.625. The maximum absolute atomic E-state index is 12.3. The lowest BCUT2D eigenvalue weighted by molar-refractivity contribution is 0.0979. The molecule has 1 aromatic carbocycles. The minimum atomic E-state index is -3.25. The summed E-state index contributed by atoms with van der Waals surface area (Å²) in [5, 5.41) is 10.2. The van der Waals surface area contributed by atoms with Crippen LogP contribution >= 0.6 is 0 Å². The van der Waals surface area contributed by atoms with Crippen molar-refractivity contribution < 1.29 is 13.5 Å². The van der Waals surface area contributed by atoms with Crippen LogP contribution in [0.25, 0.3) is 0 Å². The Labute approximate surface area is 128 Å². The monoisotopic (exact) mass is 313 g/mol. The van der Waals surface area contributed by atoms with Gasteiger partial charge in [0.25, 0.3) is 0 Å². The summed E-state index contributed by atoms with van der Waals surface area (Å²) in [4.78, 5) is 0. The van der Waals surface area contributed by atoms with Gasteiger partial charge in [0, 0.05) is 12.0 Å². The van der Waals surface area contributed by atoms with Crippen LogP contribution in [0.15, 0.2) is 30.3 Å². The van der Waals surface area contributed by atoms with Gasteiger partial charge in [0.15, 0.2) is 9.84 Å². The summed E-state index contributed by atoms with van der Waals surface area (Å²) in [6, 6.07) is 9.42. The lowest BCUT2D eigenvalue weighted by Crippen LogP contribution is -2.46. The zero-order valence-electron chi connectivity index (χ0n) is 13.3. The Morgan fingerprint density at radius 3 is 2.10 bits per heavy atom. The second-order valence-corrected chi connectivity index (χ2v) is 9.45. The first-order valence-corrected chi connectivity index (χ1v) is 8.88. The average molecular weight is 313 g/mol. The predicted molar refractivity (Wildman–Crippen MR) is 87.0 cm³/mol. The Kier molecular flexibility index (Phi) is 5.58. The Balaban J connectivity index is 3.13. The van der Waals surface area contributed by atoms with Gasteiger partial charge in [-0.15, -0.1) is 0 Å². The minimum Gasteiger partial charge on any atom is -0.392 e. The lowest BCUT2D eigenvalue weighted by atomic mass is 9.74. The molecule has 21 heavy (non-hydrogen) atoms. The van der Waals surface area contributed by atoms with Crippen molar-refractivity contribution in [2.24, 2.45) is 5.73 Å². The van der Waals surface area contributed by atoms with Gasteiger partial charge in [-0.3, -0.25) is 0 Å². The molecule has 2 atom stereocenters. The summed E-state index contributed by atoms with van der Waals surface area (Å²) in [6.07, 6.45) is -0.412. The van der Waals surface area contributed by atoms with Crippen LogP contribution in [0, 0.1) is 0 Å². The first-order chi connectivity index (χ1) is 9.57. The SMILES string of the molecule is CC(O)C(CN)(CCS(=O)(=O)C(C)(C)C)c1ccccc1. The fourth-order valence-electron chi connectivity index (χ4n) is 2.38. The molecule has 0 aromatic heterocycles. The summed E-state index contributed by atoms with van der Waals surface area (Å²) in [5.74, 6) is 0.00743. The molecule has 120 valence electrons. The van der Waals surface area contributed by atoms with E-state index < -0.39 is 26.1 Å². The van der Waals surface area contributed by atoms with Crippen molar-refractivity contribution in [2.45, 2.75) is 50.4 Å². The van der Waals surface area contributed by atoms with E-state index in [1.165, 1.54) is 0 Å². The highest BCUT2D eigenvalue weighted by Gasteiger charge is 2.39. The van der Waals surface area contributed by atoms with E-state index in [9.17, 15) is 13.5 Å². The van der Waals surface area contributed by atoms with Gasteiger partial charge < -0.3 is 10.8 Å². The zero-order valence-corrected chi connectivity index (χ0v) is 14.2. The van der Waals surface area contributed by atoms with Gasteiger partial charge >= 0.3 is 0 Å². The molecule has 0 saturated carbocycles. The second kappa shape index (κ2) is 6.46. The Morgan fingerprint density at radius 2 is 1.71 bits per heavy atom. The van der Waals surface area contributed by atoms with E-state index in [0.29, 0.717) is 6.42 Å². The van der Waals surface area contributed by atoms with Crippen molar-refractivity contribution in [3.05, 3.63) is 35.9 Å². The molecule has 0 bridgehead atoms. The number of benzene rings is 1. The summed E-state index contributed by atoms with van der Waals surface area (Å²) in [5.41, 5.74) is 6.07. The normalized spacial score (nSPS) is 17.2.